The van der Waals surface area contributed by atoms with Crippen LogP contribution in [0.2, 0.25) is 10.0 Å². The summed E-state index contributed by atoms with van der Waals surface area (Å²) in [5, 5.41) is 11.8. The third-order valence-electron chi connectivity index (χ3n) is 6.90. The summed E-state index contributed by atoms with van der Waals surface area (Å²) in [7, 11) is 0. The molecule has 1 aliphatic rings. The van der Waals surface area contributed by atoms with Gasteiger partial charge >= 0.3 is 5.97 Å². The molecule has 2 N–H and O–H groups in total. The molecule has 0 aliphatic carbocycles. The maximum atomic E-state index is 13.1. The fraction of sp³-hybridized carbons (Fsp3) is 0.0909. The van der Waals surface area contributed by atoms with Crippen molar-refractivity contribution < 1.29 is 19.0 Å². The summed E-state index contributed by atoms with van der Waals surface area (Å²) in [5.41, 5.74) is 10.1. The molecule has 0 fully saturated rings. The Labute approximate surface area is 256 Å². The van der Waals surface area contributed by atoms with Crippen molar-refractivity contribution in [3.05, 3.63) is 134 Å². The molecule has 0 spiro atoms. The third kappa shape index (κ3) is 5.40. The fourth-order valence-corrected chi connectivity index (χ4v) is 6.41. The van der Waals surface area contributed by atoms with Gasteiger partial charge in [0.25, 0.3) is 0 Å². The number of hydrogen-bond donors (Lipinski definition) is 1. The second kappa shape index (κ2) is 11.4. The molecule has 0 radical (unpaired) electrons. The van der Waals surface area contributed by atoms with Crippen molar-refractivity contribution in [2.24, 2.45) is 5.73 Å². The van der Waals surface area contributed by atoms with E-state index in [1.165, 1.54) is 11.3 Å². The van der Waals surface area contributed by atoms with Crippen LogP contribution in [-0.4, -0.2) is 5.97 Å². The van der Waals surface area contributed by atoms with Crippen LogP contribution in [0.4, 0.5) is 0 Å². The average Bonchev–Trinajstić information content (AvgIpc) is 3.31. The van der Waals surface area contributed by atoms with Crippen molar-refractivity contribution in [1.82, 2.24) is 0 Å². The van der Waals surface area contributed by atoms with Crippen molar-refractivity contribution in [3.63, 3.8) is 0 Å². The van der Waals surface area contributed by atoms with E-state index < -0.39 is 11.9 Å². The zero-order valence-corrected chi connectivity index (χ0v) is 24.5. The van der Waals surface area contributed by atoms with Gasteiger partial charge in [-0.2, -0.15) is 5.26 Å². The number of esters is 1. The normalized spacial score (nSPS) is 14.2. The number of aryl methyl sites for hydroxylation is 1. The van der Waals surface area contributed by atoms with E-state index in [1.54, 1.807) is 18.2 Å². The molecule has 5 aromatic rings. The molecule has 4 aromatic carbocycles. The molecular weight excluding hydrogens is 591 g/mol. The first kappa shape index (κ1) is 27.7. The van der Waals surface area contributed by atoms with Crippen LogP contribution in [0, 0.1) is 18.3 Å². The summed E-state index contributed by atoms with van der Waals surface area (Å²) in [6.45, 7) is 2.37. The lowest BCUT2D eigenvalue weighted by Gasteiger charge is -2.26. The van der Waals surface area contributed by atoms with E-state index in [9.17, 15) is 10.1 Å². The molecule has 0 saturated heterocycles. The molecule has 9 heteroatoms. The van der Waals surface area contributed by atoms with Gasteiger partial charge in [-0.1, -0.05) is 65.7 Å². The minimum absolute atomic E-state index is 0.00976. The Morgan fingerprint density at radius 3 is 2.48 bits per heavy atom. The van der Waals surface area contributed by atoms with Crippen molar-refractivity contribution in [2.45, 2.75) is 19.4 Å². The summed E-state index contributed by atoms with van der Waals surface area (Å²) >= 11 is 13.8. The van der Waals surface area contributed by atoms with Crippen LogP contribution in [0.1, 0.15) is 37.8 Å². The lowest BCUT2D eigenvalue weighted by atomic mass is 9.83. The van der Waals surface area contributed by atoms with Gasteiger partial charge in [0, 0.05) is 26.7 Å². The Balaban J connectivity index is 1.24. The number of carbonyl (C=O) groups is 1. The van der Waals surface area contributed by atoms with Crippen LogP contribution in [-0.2, 0) is 6.61 Å². The van der Waals surface area contributed by atoms with Gasteiger partial charge in [-0.05, 0) is 60.0 Å². The van der Waals surface area contributed by atoms with E-state index in [0.29, 0.717) is 38.6 Å². The second-order valence-corrected chi connectivity index (χ2v) is 11.6. The van der Waals surface area contributed by atoms with Crippen molar-refractivity contribution in [1.29, 1.82) is 5.26 Å². The minimum atomic E-state index is -0.568. The van der Waals surface area contributed by atoms with Gasteiger partial charge in [-0.25, -0.2) is 4.79 Å². The van der Waals surface area contributed by atoms with Gasteiger partial charge in [0.2, 0.25) is 5.88 Å². The van der Waals surface area contributed by atoms with E-state index >= 15 is 0 Å². The second-order valence-electron chi connectivity index (χ2n) is 9.74. The largest absolute Gasteiger partial charge is 0.489 e. The Morgan fingerprint density at radius 2 is 1.74 bits per heavy atom. The molecule has 6 rings (SSSR count). The van der Waals surface area contributed by atoms with E-state index in [4.69, 9.17) is 43.1 Å². The van der Waals surface area contributed by atoms with E-state index in [2.05, 4.69) is 6.07 Å². The number of allylic oxidation sites excluding steroid dienone is 1. The summed E-state index contributed by atoms with van der Waals surface area (Å²) in [6.07, 6.45) is 0. The molecule has 1 aromatic heterocycles. The molecule has 1 unspecified atom stereocenters. The molecule has 42 heavy (non-hydrogen) atoms. The first-order valence-corrected chi connectivity index (χ1v) is 14.5. The van der Waals surface area contributed by atoms with Crippen molar-refractivity contribution >= 4 is 50.6 Å². The molecule has 0 bridgehead atoms. The number of hydrogen-bond acceptors (Lipinski definition) is 7. The quantitative estimate of drug-likeness (QED) is 0.152. The fourth-order valence-electron chi connectivity index (χ4n) is 4.80. The monoisotopic (exact) mass is 612 g/mol. The van der Waals surface area contributed by atoms with Crippen LogP contribution in [0.25, 0.3) is 10.1 Å². The lowest BCUT2D eigenvalue weighted by Crippen LogP contribution is -2.21. The van der Waals surface area contributed by atoms with Crippen LogP contribution in [0.15, 0.2) is 96.4 Å². The Bertz CT molecular complexity index is 1910. The number of nitrogens with two attached hydrogens (primary N) is 1. The molecule has 0 saturated carbocycles. The van der Waals surface area contributed by atoms with Crippen LogP contribution in [0.3, 0.4) is 0 Å². The smallest absolute Gasteiger partial charge is 0.355 e. The van der Waals surface area contributed by atoms with Gasteiger partial charge in [-0.15, -0.1) is 11.3 Å². The number of carbonyl (C=O) groups excluding carboxylic acids is 1. The van der Waals surface area contributed by atoms with Gasteiger partial charge < -0.3 is 19.9 Å². The number of nitriles is 1. The molecule has 2 heterocycles. The number of ether oxygens (including phenoxy) is 3. The average molecular weight is 614 g/mol. The Hall–Kier alpha value is -4.48. The molecule has 1 atom stereocenters. The van der Waals surface area contributed by atoms with Gasteiger partial charge in [0.05, 0.1) is 10.9 Å². The molecule has 0 amide bonds. The zero-order valence-electron chi connectivity index (χ0n) is 22.2. The predicted octanol–water partition coefficient (Wildman–Crippen LogP) is 8.53. The van der Waals surface area contributed by atoms with Gasteiger partial charge in [0.15, 0.2) is 0 Å². The first-order valence-electron chi connectivity index (χ1n) is 12.9. The van der Waals surface area contributed by atoms with E-state index in [0.717, 1.165) is 26.8 Å². The van der Waals surface area contributed by atoms with Crippen molar-refractivity contribution in [2.75, 3.05) is 0 Å². The summed E-state index contributed by atoms with van der Waals surface area (Å²) in [4.78, 5) is 13.4. The molecular formula is C33H22Cl2N2O4S. The lowest BCUT2D eigenvalue weighted by molar-refractivity contribution is 0.0740. The highest BCUT2D eigenvalue weighted by molar-refractivity contribution is 7.21. The first-order chi connectivity index (χ1) is 20.3. The standard InChI is InChI=1S/C33H22Cl2N2O4S/c1-18-2-12-25-28(14-18)42-31(30(25)35)33(38)40-23-11-13-24-27(15-23)41-32(37)26(16-36)29(24)20-5-9-22(10-6-20)39-17-19-3-7-21(34)8-4-19/h2-15,29H,17,37H2,1H3. The van der Waals surface area contributed by atoms with Crippen LogP contribution in [0.5, 0.6) is 17.2 Å². The minimum Gasteiger partial charge on any atom is -0.489 e. The number of nitrogens with zero attached hydrogens (tertiary/aromatic N) is 1. The molecule has 1 aliphatic heterocycles. The van der Waals surface area contributed by atoms with Crippen molar-refractivity contribution in [3.8, 4) is 23.3 Å². The van der Waals surface area contributed by atoms with E-state index in [1.807, 2.05) is 73.7 Å². The predicted molar refractivity (Wildman–Crippen MR) is 164 cm³/mol. The summed E-state index contributed by atoms with van der Waals surface area (Å²) < 4.78 is 18.3. The number of fused-ring (bicyclic) bond motifs is 2. The summed E-state index contributed by atoms with van der Waals surface area (Å²) in [5.74, 6) is 0.276. The SMILES string of the molecule is Cc1ccc2c(Cl)c(C(=O)Oc3ccc4c(c3)OC(N)=C(C#N)C4c3ccc(OCc4ccc(Cl)cc4)cc3)sc2c1. The number of rotatable bonds is 6. The van der Waals surface area contributed by atoms with Gasteiger partial charge in [-0.3, -0.25) is 0 Å². The number of thiophene rings is 1. The maximum Gasteiger partial charge on any atom is 0.355 e. The molecule has 208 valence electrons. The highest BCUT2D eigenvalue weighted by atomic mass is 35.5. The van der Waals surface area contributed by atoms with E-state index in [-0.39, 0.29) is 17.2 Å². The Morgan fingerprint density at radius 1 is 1.00 bits per heavy atom. The molecule has 6 nitrogen and oxygen atoms in total. The highest BCUT2D eigenvalue weighted by Crippen LogP contribution is 2.44. The van der Waals surface area contributed by atoms with Crippen LogP contribution < -0.4 is 19.9 Å². The van der Waals surface area contributed by atoms with Gasteiger partial charge in [0.1, 0.15) is 40.4 Å². The maximum absolute atomic E-state index is 13.1. The van der Waals surface area contributed by atoms with Crippen LogP contribution >= 0.6 is 34.5 Å². The topological polar surface area (TPSA) is 94.6 Å². The zero-order chi connectivity index (χ0) is 29.4. The third-order valence-corrected chi connectivity index (χ3v) is 8.79. The highest BCUT2D eigenvalue weighted by Gasteiger charge is 2.31. The number of benzene rings is 4. The Kier molecular flexibility index (Phi) is 7.53. The number of halogens is 2. The summed E-state index contributed by atoms with van der Waals surface area (Å²) in [6, 6.07) is 28.0.